The first-order valence-electron chi connectivity index (χ1n) is 10.2. The van der Waals surface area contributed by atoms with Gasteiger partial charge in [0, 0.05) is 50.9 Å². The lowest BCUT2D eigenvalue weighted by Crippen LogP contribution is -2.51. The van der Waals surface area contributed by atoms with Gasteiger partial charge in [0.25, 0.3) is 5.91 Å². The average molecular weight is 423 g/mol. The molecule has 0 aliphatic carbocycles. The van der Waals surface area contributed by atoms with Crippen LogP contribution >= 0.6 is 0 Å². The van der Waals surface area contributed by atoms with Crippen molar-refractivity contribution in [1.82, 2.24) is 19.4 Å². The molecule has 0 radical (unpaired) electrons. The normalized spacial score (nSPS) is 18.9. The summed E-state index contributed by atoms with van der Waals surface area (Å²) in [7, 11) is -3.47. The Morgan fingerprint density at radius 1 is 0.966 bits per heavy atom. The van der Waals surface area contributed by atoms with E-state index in [-0.39, 0.29) is 22.8 Å². The van der Waals surface area contributed by atoms with Crippen LogP contribution in [0, 0.1) is 0 Å². The number of carbonyl (C=O) groups is 2. The van der Waals surface area contributed by atoms with Crippen molar-refractivity contribution < 1.29 is 18.0 Å². The lowest BCUT2D eigenvalue weighted by Gasteiger charge is -2.34. The van der Waals surface area contributed by atoms with Crippen molar-refractivity contribution in [2.24, 2.45) is 0 Å². The molecule has 160 valence electrons. The fourth-order valence-corrected chi connectivity index (χ4v) is 5.23. The first kappa shape index (κ1) is 21.7. The number of amides is 2. The molecular formula is C20H30N4O4S. The summed E-state index contributed by atoms with van der Waals surface area (Å²) >= 11 is 0. The maximum atomic E-state index is 12.8. The standard InChI is InChI=1S/C20H30N4O4S/c1-16(2)21-19(25)15-22-11-13-23(14-12-22)20(26)17-5-7-18(8-6-17)29(27,28)24-9-3-4-10-24/h5-8,16H,3-4,9-15H2,1-2H3,(H,21,25). The zero-order valence-corrected chi connectivity index (χ0v) is 18.0. The van der Waals surface area contributed by atoms with E-state index in [0.29, 0.717) is 51.4 Å². The molecule has 0 atom stereocenters. The molecule has 2 amide bonds. The Hall–Kier alpha value is -1.97. The minimum atomic E-state index is -3.47. The number of benzene rings is 1. The van der Waals surface area contributed by atoms with Crippen molar-refractivity contribution in [3.8, 4) is 0 Å². The second-order valence-electron chi connectivity index (χ2n) is 7.93. The van der Waals surface area contributed by atoms with Gasteiger partial charge in [0.05, 0.1) is 11.4 Å². The molecule has 2 aliphatic rings. The van der Waals surface area contributed by atoms with Gasteiger partial charge in [0.2, 0.25) is 15.9 Å². The first-order chi connectivity index (χ1) is 13.8. The van der Waals surface area contributed by atoms with Crippen LogP contribution in [0.4, 0.5) is 0 Å². The Balaban J connectivity index is 1.55. The van der Waals surface area contributed by atoms with Crippen LogP contribution < -0.4 is 5.32 Å². The maximum absolute atomic E-state index is 12.8. The number of carbonyl (C=O) groups excluding carboxylic acids is 2. The number of nitrogens with zero attached hydrogens (tertiary/aromatic N) is 3. The highest BCUT2D eigenvalue weighted by molar-refractivity contribution is 7.89. The van der Waals surface area contributed by atoms with E-state index in [1.807, 2.05) is 18.7 Å². The second-order valence-corrected chi connectivity index (χ2v) is 9.86. The Morgan fingerprint density at radius 2 is 1.55 bits per heavy atom. The fourth-order valence-electron chi connectivity index (χ4n) is 3.71. The molecule has 2 heterocycles. The van der Waals surface area contributed by atoms with E-state index in [0.717, 1.165) is 12.8 Å². The summed E-state index contributed by atoms with van der Waals surface area (Å²) in [5.41, 5.74) is 0.483. The third-order valence-electron chi connectivity index (χ3n) is 5.28. The molecule has 29 heavy (non-hydrogen) atoms. The van der Waals surface area contributed by atoms with Crippen LogP contribution in [0.25, 0.3) is 0 Å². The number of sulfonamides is 1. The summed E-state index contributed by atoms with van der Waals surface area (Å²) in [4.78, 5) is 28.7. The molecule has 0 unspecified atom stereocenters. The van der Waals surface area contributed by atoms with Crippen LogP contribution in [0.3, 0.4) is 0 Å². The van der Waals surface area contributed by atoms with Crippen molar-refractivity contribution in [2.75, 3.05) is 45.8 Å². The number of rotatable bonds is 6. The minimum absolute atomic E-state index is 0.00502. The molecule has 0 spiro atoms. The zero-order chi connectivity index (χ0) is 21.0. The van der Waals surface area contributed by atoms with Gasteiger partial charge in [-0.15, -0.1) is 0 Å². The van der Waals surface area contributed by atoms with E-state index < -0.39 is 10.0 Å². The molecule has 1 aromatic rings. The van der Waals surface area contributed by atoms with Crippen molar-refractivity contribution in [1.29, 1.82) is 0 Å². The highest BCUT2D eigenvalue weighted by atomic mass is 32.2. The molecule has 2 aliphatic heterocycles. The summed E-state index contributed by atoms with van der Waals surface area (Å²) in [6, 6.07) is 6.34. The summed E-state index contributed by atoms with van der Waals surface area (Å²) in [6.45, 7) is 7.67. The Kier molecular flexibility index (Phi) is 6.92. The van der Waals surface area contributed by atoms with Crippen molar-refractivity contribution >= 4 is 21.8 Å². The number of hydrogen-bond acceptors (Lipinski definition) is 5. The van der Waals surface area contributed by atoms with E-state index in [2.05, 4.69) is 5.32 Å². The van der Waals surface area contributed by atoms with Crippen LogP contribution in [0.1, 0.15) is 37.0 Å². The average Bonchev–Trinajstić information content (AvgIpc) is 3.23. The van der Waals surface area contributed by atoms with E-state index in [1.165, 1.54) is 16.4 Å². The molecule has 1 N–H and O–H groups in total. The molecule has 0 saturated carbocycles. The molecule has 3 rings (SSSR count). The molecule has 0 bridgehead atoms. The van der Waals surface area contributed by atoms with E-state index in [4.69, 9.17) is 0 Å². The van der Waals surface area contributed by atoms with Crippen LogP contribution in [-0.4, -0.2) is 86.2 Å². The van der Waals surface area contributed by atoms with Gasteiger partial charge in [-0.3, -0.25) is 14.5 Å². The quantitative estimate of drug-likeness (QED) is 0.731. The van der Waals surface area contributed by atoms with Crippen molar-refractivity contribution in [2.45, 2.75) is 37.6 Å². The molecule has 2 saturated heterocycles. The lowest BCUT2D eigenvalue weighted by atomic mass is 10.2. The largest absolute Gasteiger partial charge is 0.353 e. The lowest BCUT2D eigenvalue weighted by molar-refractivity contribution is -0.123. The van der Waals surface area contributed by atoms with Gasteiger partial charge in [-0.05, 0) is 51.0 Å². The molecule has 9 heteroatoms. The SMILES string of the molecule is CC(C)NC(=O)CN1CCN(C(=O)c2ccc(S(=O)(=O)N3CCCC3)cc2)CC1. The summed E-state index contributed by atoms with van der Waals surface area (Å²) in [5, 5.41) is 2.87. The molecule has 0 aromatic heterocycles. The summed E-state index contributed by atoms with van der Waals surface area (Å²) in [6.07, 6.45) is 1.78. The van der Waals surface area contributed by atoms with Gasteiger partial charge in [-0.1, -0.05) is 0 Å². The predicted molar refractivity (Wildman–Crippen MR) is 110 cm³/mol. The van der Waals surface area contributed by atoms with E-state index in [1.54, 1.807) is 17.0 Å². The molecule has 8 nitrogen and oxygen atoms in total. The zero-order valence-electron chi connectivity index (χ0n) is 17.1. The van der Waals surface area contributed by atoms with E-state index in [9.17, 15) is 18.0 Å². The smallest absolute Gasteiger partial charge is 0.253 e. The van der Waals surface area contributed by atoms with Gasteiger partial charge in [0.1, 0.15) is 0 Å². The van der Waals surface area contributed by atoms with Gasteiger partial charge in [0.15, 0.2) is 0 Å². The van der Waals surface area contributed by atoms with Gasteiger partial charge in [-0.25, -0.2) is 8.42 Å². The van der Waals surface area contributed by atoms with Crippen LogP contribution in [0.15, 0.2) is 29.2 Å². The Bertz CT molecular complexity index is 825. The van der Waals surface area contributed by atoms with Gasteiger partial charge >= 0.3 is 0 Å². The second kappa shape index (κ2) is 9.23. The number of hydrogen-bond donors (Lipinski definition) is 1. The third kappa shape index (κ3) is 5.34. The van der Waals surface area contributed by atoms with Crippen LogP contribution in [-0.2, 0) is 14.8 Å². The van der Waals surface area contributed by atoms with Crippen LogP contribution in [0.5, 0.6) is 0 Å². The monoisotopic (exact) mass is 422 g/mol. The number of piperazine rings is 1. The Morgan fingerprint density at radius 3 is 2.10 bits per heavy atom. The first-order valence-corrected chi connectivity index (χ1v) is 11.6. The fraction of sp³-hybridized carbons (Fsp3) is 0.600. The molecular weight excluding hydrogens is 392 g/mol. The third-order valence-corrected chi connectivity index (χ3v) is 7.19. The van der Waals surface area contributed by atoms with Gasteiger partial charge < -0.3 is 10.2 Å². The number of nitrogens with one attached hydrogen (secondary N) is 1. The highest BCUT2D eigenvalue weighted by Crippen LogP contribution is 2.21. The summed E-state index contributed by atoms with van der Waals surface area (Å²) in [5.74, 6) is -0.115. The topological polar surface area (TPSA) is 90.0 Å². The van der Waals surface area contributed by atoms with E-state index >= 15 is 0 Å². The minimum Gasteiger partial charge on any atom is -0.353 e. The maximum Gasteiger partial charge on any atom is 0.253 e. The van der Waals surface area contributed by atoms with Crippen LogP contribution in [0.2, 0.25) is 0 Å². The predicted octanol–water partition coefficient (Wildman–Crippen LogP) is 0.754. The van der Waals surface area contributed by atoms with Gasteiger partial charge in [-0.2, -0.15) is 4.31 Å². The summed E-state index contributed by atoms with van der Waals surface area (Å²) < 4.78 is 26.7. The Labute approximate surface area is 172 Å². The van der Waals surface area contributed by atoms with Crippen molar-refractivity contribution in [3.63, 3.8) is 0 Å². The molecule has 1 aromatic carbocycles. The van der Waals surface area contributed by atoms with Crippen molar-refractivity contribution in [3.05, 3.63) is 29.8 Å². The molecule has 2 fully saturated rings. The highest BCUT2D eigenvalue weighted by Gasteiger charge is 2.28.